The summed E-state index contributed by atoms with van der Waals surface area (Å²) in [5, 5.41) is 17.7. The number of morpholine rings is 1. The van der Waals surface area contributed by atoms with Crippen molar-refractivity contribution in [1.82, 2.24) is 24.6 Å². The lowest BCUT2D eigenvalue weighted by atomic mass is 10.1. The van der Waals surface area contributed by atoms with Crippen LogP contribution in [0.3, 0.4) is 0 Å². The maximum absolute atomic E-state index is 13.6. The first-order valence-corrected chi connectivity index (χ1v) is 11.0. The van der Waals surface area contributed by atoms with Crippen molar-refractivity contribution in [3.8, 4) is 11.1 Å². The lowest BCUT2D eigenvalue weighted by Crippen LogP contribution is -2.42. The van der Waals surface area contributed by atoms with Crippen molar-refractivity contribution >= 4 is 11.6 Å². The van der Waals surface area contributed by atoms with Gasteiger partial charge in [0.2, 0.25) is 5.95 Å². The molecule has 1 aliphatic heterocycles. The predicted molar refractivity (Wildman–Crippen MR) is 121 cm³/mol. The van der Waals surface area contributed by atoms with Gasteiger partial charge in [-0.15, -0.1) is 0 Å². The number of alkyl halides is 3. The highest BCUT2D eigenvalue weighted by Gasteiger charge is 2.33. The van der Waals surface area contributed by atoms with E-state index in [0.717, 1.165) is 42.0 Å². The minimum Gasteiger partial charge on any atom is -0.390 e. The predicted octanol–water partition coefficient (Wildman–Crippen LogP) is 3.15. The molecule has 34 heavy (non-hydrogen) atoms. The fourth-order valence-electron chi connectivity index (χ4n) is 3.81. The molecule has 1 unspecified atom stereocenters. The Balaban J connectivity index is 1.45. The van der Waals surface area contributed by atoms with Gasteiger partial charge in [0.05, 0.1) is 32.1 Å². The molecule has 2 N–H and O–H groups in total. The SMILES string of the molecule is Cc1cc(Nc2nccc(C(F)(F)CF)n2)cc(-c2cnn(CC(O)CN3CCOCC3)c2)c1. The van der Waals surface area contributed by atoms with E-state index in [1.54, 1.807) is 10.9 Å². The smallest absolute Gasteiger partial charge is 0.317 e. The van der Waals surface area contributed by atoms with Crippen molar-refractivity contribution in [2.75, 3.05) is 44.8 Å². The second-order valence-corrected chi connectivity index (χ2v) is 8.33. The number of aliphatic hydroxyl groups excluding tert-OH is 1. The summed E-state index contributed by atoms with van der Waals surface area (Å²) in [5.74, 6) is -3.72. The summed E-state index contributed by atoms with van der Waals surface area (Å²) < 4.78 is 47.0. The van der Waals surface area contributed by atoms with E-state index in [1.807, 2.05) is 31.3 Å². The van der Waals surface area contributed by atoms with E-state index >= 15 is 0 Å². The molecule has 2 aromatic heterocycles. The average molecular weight is 477 g/mol. The van der Waals surface area contributed by atoms with Crippen LogP contribution in [0.1, 0.15) is 11.3 Å². The van der Waals surface area contributed by atoms with E-state index in [0.29, 0.717) is 32.0 Å². The highest BCUT2D eigenvalue weighted by atomic mass is 19.3. The molecule has 1 atom stereocenters. The molecule has 1 fully saturated rings. The minimum absolute atomic E-state index is 0.0518. The summed E-state index contributed by atoms with van der Waals surface area (Å²) in [4.78, 5) is 9.89. The first-order chi connectivity index (χ1) is 16.3. The molecule has 3 aromatic rings. The van der Waals surface area contributed by atoms with Crippen LogP contribution in [0, 0.1) is 6.92 Å². The Morgan fingerprint density at radius 1 is 1.18 bits per heavy atom. The number of benzene rings is 1. The molecule has 1 saturated heterocycles. The van der Waals surface area contributed by atoms with Crippen LogP contribution in [0.15, 0.2) is 42.9 Å². The van der Waals surface area contributed by atoms with Crippen molar-refractivity contribution in [2.24, 2.45) is 0 Å². The number of ether oxygens (including phenoxy) is 1. The van der Waals surface area contributed by atoms with E-state index in [-0.39, 0.29) is 5.95 Å². The van der Waals surface area contributed by atoms with Crippen molar-refractivity contribution in [1.29, 1.82) is 0 Å². The van der Waals surface area contributed by atoms with Gasteiger partial charge in [-0.2, -0.15) is 13.9 Å². The van der Waals surface area contributed by atoms with Gasteiger partial charge < -0.3 is 15.2 Å². The molecule has 0 saturated carbocycles. The van der Waals surface area contributed by atoms with Gasteiger partial charge in [0, 0.05) is 43.3 Å². The number of rotatable bonds is 9. The van der Waals surface area contributed by atoms with Crippen LogP contribution in [0.5, 0.6) is 0 Å². The normalized spacial score (nSPS) is 15.9. The second-order valence-electron chi connectivity index (χ2n) is 8.33. The number of aryl methyl sites for hydroxylation is 1. The number of β-amino-alcohol motifs (C(OH)–C–C–N with tert-alkyl or cyclic N) is 1. The number of halogens is 3. The van der Waals surface area contributed by atoms with E-state index in [2.05, 4.69) is 25.3 Å². The summed E-state index contributed by atoms with van der Waals surface area (Å²) in [6.45, 7) is 3.95. The molecule has 1 aliphatic rings. The van der Waals surface area contributed by atoms with Crippen LogP contribution in [0.2, 0.25) is 0 Å². The quantitative estimate of drug-likeness (QED) is 0.491. The molecule has 0 bridgehead atoms. The summed E-state index contributed by atoms with van der Waals surface area (Å²) in [7, 11) is 0. The highest BCUT2D eigenvalue weighted by Crippen LogP contribution is 2.29. The van der Waals surface area contributed by atoms with Gasteiger partial charge >= 0.3 is 5.92 Å². The third-order valence-electron chi connectivity index (χ3n) is 5.47. The van der Waals surface area contributed by atoms with E-state index in [9.17, 15) is 18.3 Å². The molecule has 4 rings (SSSR count). The lowest BCUT2D eigenvalue weighted by Gasteiger charge is -2.28. The molecule has 182 valence electrons. The van der Waals surface area contributed by atoms with Gasteiger partial charge in [0.25, 0.3) is 0 Å². The number of hydrogen-bond donors (Lipinski definition) is 2. The van der Waals surface area contributed by atoms with Gasteiger partial charge in [-0.3, -0.25) is 9.58 Å². The van der Waals surface area contributed by atoms with Crippen LogP contribution in [-0.4, -0.2) is 75.4 Å². The second kappa shape index (κ2) is 10.5. The number of nitrogens with zero attached hydrogens (tertiary/aromatic N) is 5. The maximum atomic E-state index is 13.6. The monoisotopic (exact) mass is 476 g/mol. The minimum atomic E-state index is -3.67. The lowest BCUT2D eigenvalue weighted by molar-refractivity contribution is -0.0321. The molecule has 3 heterocycles. The molecule has 0 amide bonds. The van der Waals surface area contributed by atoms with Crippen molar-refractivity contribution in [3.05, 3.63) is 54.1 Å². The van der Waals surface area contributed by atoms with E-state index in [4.69, 9.17) is 4.74 Å². The molecule has 0 aliphatic carbocycles. The Kier molecular flexibility index (Phi) is 7.44. The summed E-state index contributed by atoms with van der Waals surface area (Å²) >= 11 is 0. The number of nitrogens with one attached hydrogen (secondary N) is 1. The Hall–Kier alpha value is -3.02. The van der Waals surface area contributed by atoms with Crippen LogP contribution < -0.4 is 5.32 Å². The zero-order valence-electron chi connectivity index (χ0n) is 18.8. The van der Waals surface area contributed by atoms with Crippen LogP contribution in [-0.2, 0) is 17.2 Å². The molecule has 1 aromatic carbocycles. The fraction of sp³-hybridized carbons (Fsp3) is 0.435. The van der Waals surface area contributed by atoms with Crippen molar-refractivity contribution in [3.63, 3.8) is 0 Å². The number of anilines is 2. The zero-order chi connectivity index (χ0) is 24.1. The zero-order valence-corrected chi connectivity index (χ0v) is 18.8. The fourth-order valence-corrected chi connectivity index (χ4v) is 3.81. The molecule has 0 spiro atoms. The standard InChI is InChI=1S/C23H27F3N6O2/c1-16-8-17(10-19(9-16)29-22-27-3-2-21(30-22)23(25,26)15-24)18-11-28-32(12-18)14-20(33)13-31-4-6-34-7-5-31/h2-3,8-12,20,33H,4-7,13-15H2,1H3,(H,27,29,30). The number of aliphatic hydroxyl groups is 1. The van der Waals surface area contributed by atoms with Gasteiger partial charge in [-0.1, -0.05) is 6.07 Å². The Bertz CT molecular complexity index is 1100. The third-order valence-corrected chi connectivity index (χ3v) is 5.47. The summed E-state index contributed by atoms with van der Waals surface area (Å²) in [5.41, 5.74) is 2.52. The average Bonchev–Trinajstić information content (AvgIpc) is 3.28. The van der Waals surface area contributed by atoms with E-state index in [1.165, 1.54) is 0 Å². The Morgan fingerprint density at radius 2 is 1.97 bits per heavy atom. The van der Waals surface area contributed by atoms with Crippen molar-refractivity contribution in [2.45, 2.75) is 25.5 Å². The van der Waals surface area contributed by atoms with Gasteiger partial charge in [0.15, 0.2) is 6.67 Å². The summed E-state index contributed by atoms with van der Waals surface area (Å²) in [6.07, 6.45) is 4.16. The first kappa shape index (κ1) is 24.1. The van der Waals surface area contributed by atoms with Gasteiger partial charge in [-0.05, 0) is 36.2 Å². The largest absolute Gasteiger partial charge is 0.390 e. The molecular weight excluding hydrogens is 449 g/mol. The van der Waals surface area contributed by atoms with E-state index < -0.39 is 24.4 Å². The van der Waals surface area contributed by atoms with Gasteiger partial charge in [0.1, 0.15) is 5.69 Å². The van der Waals surface area contributed by atoms with Crippen LogP contribution in [0.25, 0.3) is 11.1 Å². The molecular formula is C23H27F3N6O2. The summed E-state index contributed by atoms with van der Waals surface area (Å²) in [6, 6.07) is 6.60. The molecule has 0 radical (unpaired) electrons. The van der Waals surface area contributed by atoms with Crippen molar-refractivity contribution < 1.29 is 23.0 Å². The maximum Gasteiger partial charge on any atom is 0.317 e. The highest BCUT2D eigenvalue weighted by molar-refractivity contribution is 5.70. The van der Waals surface area contributed by atoms with Gasteiger partial charge in [-0.25, -0.2) is 14.4 Å². The van der Waals surface area contributed by atoms with Crippen LogP contribution >= 0.6 is 0 Å². The number of hydrogen-bond acceptors (Lipinski definition) is 7. The first-order valence-electron chi connectivity index (χ1n) is 11.0. The topological polar surface area (TPSA) is 88.3 Å². The van der Waals surface area contributed by atoms with Crippen LogP contribution in [0.4, 0.5) is 24.8 Å². The Labute approximate surface area is 195 Å². The molecule has 11 heteroatoms. The molecule has 8 nitrogen and oxygen atoms in total. The third kappa shape index (κ3) is 6.10. The Morgan fingerprint density at radius 3 is 2.74 bits per heavy atom. The number of aromatic nitrogens is 4.